The van der Waals surface area contributed by atoms with Crippen molar-refractivity contribution >= 4 is 23.3 Å². The summed E-state index contributed by atoms with van der Waals surface area (Å²) in [5.74, 6) is 2.55. The van der Waals surface area contributed by atoms with E-state index in [9.17, 15) is 4.79 Å². The van der Waals surface area contributed by atoms with Crippen molar-refractivity contribution in [3.05, 3.63) is 53.2 Å². The molecule has 1 amide bonds. The van der Waals surface area contributed by atoms with E-state index in [0.29, 0.717) is 24.8 Å². The average Bonchev–Trinajstić information content (AvgIpc) is 3.52. The van der Waals surface area contributed by atoms with Crippen LogP contribution in [0.5, 0.6) is 11.5 Å². The van der Waals surface area contributed by atoms with E-state index in [4.69, 9.17) is 13.9 Å². The third kappa shape index (κ3) is 3.75. The predicted octanol–water partition coefficient (Wildman–Crippen LogP) is 3.95. The highest BCUT2D eigenvalue weighted by molar-refractivity contribution is 7.14. The molecule has 0 atom stereocenters. The number of rotatable bonds is 4. The Hall–Kier alpha value is -3.13. The highest BCUT2D eigenvalue weighted by atomic mass is 32.1. The van der Waals surface area contributed by atoms with Crippen molar-refractivity contribution in [3.63, 3.8) is 0 Å². The van der Waals surface area contributed by atoms with Crippen molar-refractivity contribution in [1.82, 2.24) is 15.1 Å². The molecule has 1 aromatic carbocycles. The summed E-state index contributed by atoms with van der Waals surface area (Å²) in [7, 11) is 0. The summed E-state index contributed by atoms with van der Waals surface area (Å²) < 4.78 is 16.1. The minimum atomic E-state index is 0.0228. The molecular weight excluding hydrogens is 390 g/mol. The van der Waals surface area contributed by atoms with E-state index in [0.717, 1.165) is 39.9 Å². The van der Waals surface area contributed by atoms with Crippen LogP contribution in [0.25, 0.3) is 16.8 Å². The summed E-state index contributed by atoms with van der Waals surface area (Å²) in [4.78, 5) is 14.4. The molecule has 1 fully saturated rings. The van der Waals surface area contributed by atoms with E-state index >= 15 is 0 Å². The van der Waals surface area contributed by atoms with Crippen LogP contribution >= 0.6 is 11.3 Å². The van der Waals surface area contributed by atoms with E-state index in [-0.39, 0.29) is 12.7 Å². The maximum Gasteiger partial charge on any atom is 0.246 e. The van der Waals surface area contributed by atoms with Crippen LogP contribution in [-0.2, 0) is 4.79 Å². The fourth-order valence-electron chi connectivity index (χ4n) is 3.54. The molecule has 0 spiro atoms. The number of furan rings is 1. The van der Waals surface area contributed by atoms with Crippen LogP contribution in [0, 0.1) is 0 Å². The Bertz CT molecular complexity index is 1040. The lowest BCUT2D eigenvalue weighted by molar-refractivity contribution is -0.126. The first kappa shape index (κ1) is 17.9. The minimum absolute atomic E-state index is 0.0228. The number of aromatic nitrogens is 2. The van der Waals surface area contributed by atoms with Crippen LogP contribution in [0.15, 0.2) is 47.1 Å². The third-order valence-electron chi connectivity index (χ3n) is 5.14. The Morgan fingerprint density at radius 1 is 1.14 bits per heavy atom. The first-order chi connectivity index (χ1) is 14.3. The molecule has 29 heavy (non-hydrogen) atoms. The number of fused-ring (bicyclic) bond motifs is 1. The lowest BCUT2D eigenvalue weighted by Gasteiger charge is -2.30. The van der Waals surface area contributed by atoms with E-state index in [1.54, 1.807) is 23.7 Å². The van der Waals surface area contributed by atoms with Gasteiger partial charge in [-0.05, 0) is 48.7 Å². The molecule has 5 rings (SSSR count). The molecular formula is C21H19N3O4S. The number of amides is 1. The number of carbonyl (C=O) groups is 1. The van der Waals surface area contributed by atoms with Gasteiger partial charge < -0.3 is 18.8 Å². The molecule has 0 bridgehead atoms. The molecule has 0 radical (unpaired) electrons. The summed E-state index contributed by atoms with van der Waals surface area (Å²) >= 11 is 1.57. The summed E-state index contributed by atoms with van der Waals surface area (Å²) in [5.41, 5.74) is 0.914. The summed E-state index contributed by atoms with van der Waals surface area (Å²) in [6.07, 6.45) is 6.85. The van der Waals surface area contributed by atoms with E-state index in [1.807, 2.05) is 41.3 Å². The van der Waals surface area contributed by atoms with Crippen molar-refractivity contribution in [3.8, 4) is 22.3 Å². The minimum Gasteiger partial charge on any atom is -0.462 e. The number of likely N-dealkylation sites (tertiary alicyclic amines) is 1. The second kappa shape index (κ2) is 7.71. The van der Waals surface area contributed by atoms with Gasteiger partial charge in [-0.2, -0.15) is 0 Å². The van der Waals surface area contributed by atoms with Crippen molar-refractivity contribution in [2.75, 3.05) is 19.9 Å². The van der Waals surface area contributed by atoms with Gasteiger partial charge in [0.1, 0.15) is 5.01 Å². The van der Waals surface area contributed by atoms with Gasteiger partial charge in [0, 0.05) is 25.1 Å². The second-order valence-corrected chi connectivity index (χ2v) is 7.98. The molecule has 2 aromatic heterocycles. The van der Waals surface area contributed by atoms with Gasteiger partial charge in [-0.1, -0.05) is 17.4 Å². The van der Waals surface area contributed by atoms with Gasteiger partial charge in [0.15, 0.2) is 22.3 Å². The fraction of sp³-hybridized carbons (Fsp3) is 0.286. The maximum absolute atomic E-state index is 12.6. The van der Waals surface area contributed by atoms with Crippen LogP contribution < -0.4 is 9.47 Å². The zero-order valence-corrected chi connectivity index (χ0v) is 16.4. The standard InChI is InChI=1S/C21H19N3O4S/c25-19(6-4-14-3-5-16-18(12-14)28-13-27-16)24-9-7-15(8-10-24)20-22-23-21(29-20)17-2-1-11-26-17/h1-6,11-12,15H,7-10,13H2/b6-4+. The molecule has 2 aliphatic rings. The normalized spacial score (nSPS) is 16.6. The largest absolute Gasteiger partial charge is 0.462 e. The topological polar surface area (TPSA) is 77.7 Å². The fourth-order valence-corrected chi connectivity index (χ4v) is 4.52. The Kier molecular flexibility index (Phi) is 4.77. The Balaban J connectivity index is 1.18. The quantitative estimate of drug-likeness (QED) is 0.608. The molecule has 3 aromatic rings. The molecule has 4 heterocycles. The number of ether oxygens (including phenoxy) is 2. The lowest BCUT2D eigenvalue weighted by atomic mass is 9.97. The predicted molar refractivity (Wildman–Crippen MR) is 108 cm³/mol. The highest BCUT2D eigenvalue weighted by Crippen LogP contribution is 2.34. The average molecular weight is 409 g/mol. The molecule has 148 valence electrons. The smallest absolute Gasteiger partial charge is 0.246 e. The van der Waals surface area contributed by atoms with Crippen molar-refractivity contribution in [2.24, 2.45) is 0 Å². The molecule has 1 saturated heterocycles. The Morgan fingerprint density at radius 2 is 2.00 bits per heavy atom. The van der Waals surface area contributed by atoms with Gasteiger partial charge in [0.2, 0.25) is 12.7 Å². The first-order valence-corrected chi connectivity index (χ1v) is 10.3. The zero-order chi connectivity index (χ0) is 19.6. The summed E-state index contributed by atoms with van der Waals surface area (Å²) in [6.45, 7) is 1.67. The molecule has 0 saturated carbocycles. The molecule has 7 nitrogen and oxygen atoms in total. The van der Waals surface area contributed by atoms with Gasteiger partial charge >= 0.3 is 0 Å². The van der Waals surface area contributed by atoms with Crippen molar-refractivity contribution in [1.29, 1.82) is 0 Å². The number of benzene rings is 1. The van der Waals surface area contributed by atoms with Crippen LogP contribution in [0.4, 0.5) is 0 Å². The van der Waals surface area contributed by atoms with Crippen LogP contribution in [-0.4, -0.2) is 40.9 Å². The van der Waals surface area contributed by atoms with Crippen molar-refractivity contribution in [2.45, 2.75) is 18.8 Å². The Labute approximate surface area is 171 Å². The van der Waals surface area contributed by atoms with Gasteiger partial charge in [-0.3, -0.25) is 4.79 Å². The maximum atomic E-state index is 12.6. The number of hydrogen-bond acceptors (Lipinski definition) is 7. The van der Waals surface area contributed by atoms with E-state index in [2.05, 4.69) is 10.2 Å². The molecule has 2 aliphatic heterocycles. The zero-order valence-electron chi connectivity index (χ0n) is 15.6. The number of piperidine rings is 1. The van der Waals surface area contributed by atoms with E-state index in [1.165, 1.54) is 0 Å². The third-order valence-corrected chi connectivity index (χ3v) is 6.24. The van der Waals surface area contributed by atoms with Crippen molar-refractivity contribution < 1.29 is 18.7 Å². The first-order valence-electron chi connectivity index (χ1n) is 9.50. The van der Waals surface area contributed by atoms with Crippen LogP contribution in [0.2, 0.25) is 0 Å². The molecule has 0 aliphatic carbocycles. The Morgan fingerprint density at radius 3 is 2.83 bits per heavy atom. The molecule has 0 unspecified atom stereocenters. The van der Waals surface area contributed by atoms with Gasteiger partial charge in [0.05, 0.1) is 6.26 Å². The SMILES string of the molecule is O=C(/C=C/c1ccc2c(c1)OCO2)N1CCC(c2nnc(-c3ccco3)s2)CC1. The monoisotopic (exact) mass is 409 g/mol. The van der Waals surface area contributed by atoms with Crippen LogP contribution in [0.1, 0.15) is 29.3 Å². The van der Waals surface area contributed by atoms with Crippen LogP contribution in [0.3, 0.4) is 0 Å². The lowest BCUT2D eigenvalue weighted by Crippen LogP contribution is -2.36. The van der Waals surface area contributed by atoms with Gasteiger partial charge in [0.25, 0.3) is 0 Å². The highest BCUT2D eigenvalue weighted by Gasteiger charge is 2.26. The van der Waals surface area contributed by atoms with Gasteiger partial charge in [-0.25, -0.2) is 0 Å². The number of nitrogens with zero attached hydrogens (tertiary/aromatic N) is 3. The van der Waals surface area contributed by atoms with Gasteiger partial charge in [-0.15, -0.1) is 10.2 Å². The number of hydrogen-bond donors (Lipinski definition) is 0. The molecule has 8 heteroatoms. The number of carbonyl (C=O) groups excluding carboxylic acids is 1. The second-order valence-electron chi connectivity index (χ2n) is 6.97. The summed E-state index contributed by atoms with van der Waals surface area (Å²) in [6, 6.07) is 9.38. The summed E-state index contributed by atoms with van der Waals surface area (Å²) in [5, 5.41) is 10.4. The van der Waals surface area contributed by atoms with E-state index < -0.39 is 0 Å². The molecule has 0 N–H and O–H groups in total.